The van der Waals surface area contributed by atoms with Crippen molar-refractivity contribution in [3.8, 4) is 0 Å². The van der Waals surface area contributed by atoms with E-state index in [0.29, 0.717) is 34.6 Å². The molecular formula is C14H16BrClN2O3. The molecule has 0 spiro atoms. The number of carboxylic acids is 1. The lowest BCUT2D eigenvalue weighted by molar-refractivity contribution is -0.146. The fraction of sp³-hybridized carbons (Fsp3) is 0.429. The number of aryl methyl sites for hydroxylation is 1. The number of anilines is 1. The van der Waals surface area contributed by atoms with E-state index in [2.05, 4.69) is 21.2 Å². The average Bonchev–Trinajstić information content (AvgIpc) is 2.79. The minimum atomic E-state index is -1.16. The average molecular weight is 376 g/mol. The SMILES string of the molecule is Cc1cc(Br)c(NC(=O)N2CCCC2(C)C(=O)O)cc1Cl. The molecular weight excluding hydrogens is 360 g/mol. The smallest absolute Gasteiger partial charge is 0.329 e. The van der Waals surface area contributed by atoms with Gasteiger partial charge in [-0.15, -0.1) is 0 Å². The van der Waals surface area contributed by atoms with Crippen LogP contribution in [0.4, 0.5) is 10.5 Å². The molecule has 5 nitrogen and oxygen atoms in total. The lowest BCUT2D eigenvalue weighted by Gasteiger charge is -2.31. The Morgan fingerprint density at radius 2 is 2.14 bits per heavy atom. The molecule has 0 aromatic heterocycles. The van der Waals surface area contributed by atoms with E-state index >= 15 is 0 Å². The molecule has 7 heteroatoms. The van der Waals surface area contributed by atoms with Gasteiger partial charge in [-0.1, -0.05) is 11.6 Å². The van der Waals surface area contributed by atoms with E-state index in [1.165, 1.54) is 4.90 Å². The Morgan fingerprint density at radius 1 is 1.48 bits per heavy atom. The third-order valence-electron chi connectivity index (χ3n) is 3.84. The number of rotatable bonds is 2. The summed E-state index contributed by atoms with van der Waals surface area (Å²) in [6.45, 7) is 3.85. The van der Waals surface area contributed by atoms with Crippen molar-refractivity contribution in [1.82, 2.24) is 4.90 Å². The van der Waals surface area contributed by atoms with E-state index in [1.807, 2.05) is 6.92 Å². The molecule has 21 heavy (non-hydrogen) atoms. The highest BCUT2D eigenvalue weighted by Gasteiger charge is 2.46. The summed E-state index contributed by atoms with van der Waals surface area (Å²) in [6, 6.07) is 3.02. The largest absolute Gasteiger partial charge is 0.480 e. The zero-order valence-corrected chi connectivity index (χ0v) is 14.1. The van der Waals surface area contributed by atoms with Gasteiger partial charge >= 0.3 is 12.0 Å². The molecule has 1 aromatic rings. The first-order chi connectivity index (χ1) is 9.75. The van der Waals surface area contributed by atoms with Crippen LogP contribution in [0.2, 0.25) is 5.02 Å². The molecule has 2 N–H and O–H groups in total. The summed E-state index contributed by atoms with van der Waals surface area (Å²) >= 11 is 9.42. The first-order valence-corrected chi connectivity index (χ1v) is 7.70. The van der Waals surface area contributed by atoms with Gasteiger partial charge in [0.1, 0.15) is 5.54 Å². The Hall–Kier alpha value is -1.27. The quantitative estimate of drug-likeness (QED) is 0.824. The molecule has 0 bridgehead atoms. The van der Waals surface area contributed by atoms with Gasteiger partial charge in [-0.25, -0.2) is 9.59 Å². The molecule has 0 aliphatic carbocycles. The van der Waals surface area contributed by atoms with Crippen LogP contribution >= 0.6 is 27.5 Å². The van der Waals surface area contributed by atoms with Gasteiger partial charge in [0.15, 0.2) is 0 Å². The number of carbonyl (C=O) groups is 2. The number of carboxylic acid groups (broad SMARTS) is 1. The Morgan fingerprint density at radius 3 is 2.76 bits per heavy atom. The monoisotopic (exact) mass is 374 g/mol. The molecule has 1 fully saturated rings. The maximum atomic E-state index is 12.4. The van der Waals surface area contributed by atoms with Crippen molar-refractivity contribution in [1.29, 1.82) is 0 Å². The van der Waals surface area contributed by atoms with E-state index in [1.54, 1.807) is 19.1 Å². The Labute approximate surface area is 136 Å². The highest BCUT2D eigenvalue weighted by atomic mass is 79.9. The van der Waals surface area contributed by atoms with Gasteiger partial charge in [-0.05, 0) is 60.3 Å². The normalized spacial score (nSPS) is 21.4. The van der Waals surface area contributed by atoms with Crippen LogP contribution in [0.1, 0.15) is 25.3 Å². The number of urea groups is 1. The zero-order valence-electron chi connectivity index (χ0n) is 11.7. The van der Waals surface area contributed by atoms with Crippen LogP contribution in [0.15, 0.2) is 16.6 Å². The lowest BCUT2D eigenvalue weighted by Crippen LogP contribution is -2.52. The van der Waals surface area contributed by atoms with E-state index in [9.17, 15) is 14.7 Å². The molecule has 114 valence electrons. The summed E-state index contributed by atoms with van der Waals surface area (Å²) in [5.41, 5.74) is 0.249. The van der Waals surface area contributed by atoms with Crippen molar-refractivity contribution in [2.45, 2.75) is 32.2 Å². The maximum Gasteiger partial charge on any atom is 0.329 e. The second-order valence-electron chi connectivity index (χ2n) is 5.35. The van der Waals surface area contributed by atoms with Gasteiger partial charge in [0.25, 0.3) is 0 Å². The number of hydrogen-bond donors (Lipinski definition) is 2. The molecule has 1 aliphatic heterocycles. The van der Waals surface area contributed by atoms with Crippen molar-refractivity contribution in [3.63, 3.8) is 0 Å². The second kappa shape index (κ2) is 5.85. The summed E-state index contributed by atoms with van der Waals surface area (Å²) in [7, 11) is 0. The number of carbonyl (C=O) groups excluding carboxylic acids is 1. The van der Waals surface area contributed by atoms with Gasteiger partial charge in [-0.3, -0.25) is 0 Å². The van der Waals surface area contributed by atoms with E-state index < -0.39 is 17.5 Å². The van der Waals surface area contributed by atoms with Gasteiger partial charge in [0.05, 0.1) is 5.69 Å². The molecule has 1 heterocycles. The summed E-state index contributed by atoms with van der Waals surface area (Å²) in [5, 5.41) is 12.6. The van der Waals surface area contributed by atoms with Crippen molar-refractivity contribution >= 4 is 45.2 Å². The predicted molar refractivity (Wildman–Crippen MR) is 84.9 cm³/mol. The van der Waals surface area contributed by atoms with Crippen molar-refractivity contribution in [3.05, 3.63) is 27.2 Å². The molecule has 2 rings (SSSR count). The number of amides is 2. The zero-order chi connectivity index (χ0) is 15.8. The van der Waals surface area contributed by atoms with Crippen LogP contribution in [0.5, 0.6) is 0 Å². The fourth-order valence-electron chi connectivity index (χ4n) is 2.44. The van der Waals surface area contributed by atoms with Crippen LogP contribution in [0, 0.1) is 6.92 Å². The molecule has 0 saturated carbocycles. The van der Waals surface area contributed by atoms with Gasteiger partial charge in [0.2, 0.25) is 0 Å². The summed E-state index contributed by atoms with van der Waals surface area (Å²) in [5.74, 6) is -0.990. The van der Waals surface area contributed by atoms with E-state index in [0.717, 1.165) is 5.56 Å². The number of hydrogen-bond acceptors (Lipinski definition) is 2. The van der Waals surface area contributed by atoms with E-state index in [-0.39, 0.29) is 0 Å². The van der Waals surface area contributed by atoms with Gasteiger partial charge in [0, 0.05) is 16.0 Å². The van der Waals surface area contributed by atoms with Crippen LogP contribution < -0.4 is 5.32 Å². The number of aliphatic carboxylic acids is 1. The van der Waals surface area contributed by atoms with Gasteiger partial charge < -0.3 is 15.3 Å². The summed E-state index contributed by atoms with van der Waals surface area (Å²) < 4.78 is 0.703. The van der Waals surface area contributed by atoms with Crippen LogP contribution in [-0.4, -0.2) is 34.1 Å². The molecule has 2 amide bonds. The number of halogens is 2. The van der Waals surface area contributed by atoms with Gasteiger partial charge in [-0.2, -0.15) is 0 Å². The molecule has 1 atom stereocenters. The third kappa shape index (κ3) is 3.01. The molecule has 1 aliphatic rings. The summed E-state index contributed by atoms with van der Waals surface area (Å²) in [6.07, 6.45) is 1.12. The predicted octanol–water partition coefficient (Wildman–Crippen LogP) is 3.88. The first-order valence-electron chi connectivity index (χ1n) is 6.53. The highest BCUT2D eigenvalue weighted by molar-refractivity contribution is 9.10. The Kier molecular flexibility index (Phi) is 4.49. The standard InChI is InChI=1S/C14H16BrClN2O3/c1-8-6-9(15)11(7-10(8)16)17-13(21)18-5-3-4-14(18,2)12(19)20/h6-7H,3-5H2,1-2H3,(H,17,21)(H,19,20). The van der Waals surface area contributed by atoms with Crippen molar-refractivity contribution in [2.75, 3.05) is 11.9 Å². The fourth-order valence-corrected chi connectivity index (χ4v) is 3.16. The maximum absolute atomic E-state index is 12.4. The minimum absolute atomic E-state index is 0.422. The topological polar surface area (TPSA) is 69.6 Å². The number of nitrogens with zero attached hydrogens (tertiary/aromatic N) is 1. The minimum Gasteiger partial charge on any atom is -0.480 e. The second-order valence-corrected chi connectivity index (χ2v) is 6.61. The molecule has 1 unspecified atom stereocenters. The number of benzene rings is 1. The molecule has 0 radical (unpaired) electrons. The number of nitrogens with one attached hydrogen (secondary N) is 1. The summed E-state index contributed by atoms with van der Waals surface area (Å²) in [4.78, 5) is 25.1. The Bertz CT molecular complexity index is 608. The third-order valence-corrected chi connectivity index (χ3v) is 4.90. The van der Waals surface area contributed by atoms with Crippen molar-refractivity contribution in [2.24, 2.45) is 0 Å². The molecule has 1 aromatic carbocycles. The molecule has 1 saturated heterocycles. The Balaban J connectivity index is 2.22. The van der Waals surface area contributed by atoms with Crippen LogP contribution in [-0.2, 0) is 4.79 Å². The first kappa shape index (κ1) is 16.1. The highest BCUT2D eigenvalue weighted by Crippen LogP contribution is 2.32. The lowest BCUT2D eigenvalue weighted by atomic mass is 10.00. The number of likely N-dealkylation sites (tertiary alicyclic amines) is 1. The van der Waals surface area contributed by atoms with Crippen LogP contribution in [0.25, 0.3) is 0 Å². The van der Waals surface area contributed by atoms with E-state index in [4.69, 9.17) is 11.6 Å². The van der Waals surface area contributed by atoms with Crippen molar-refractivity contribution < 1.29 is 14.7 Å². The van der Waals surface area contributed by atoms with Crippen LogP contribution in [0.3, 0.4) is 0 Å².